The van der Waals surface area contributed by atoms with Crippen LogP contribution in [0.3, 0.4) is 0 Å². The van der Waals surface area contributed by atoms with Crippen LogP contribution in [-0.2, 0) is 6.42 Å². The van der Waals surface area contributed by atoms with Crippen LogP contribution in [0.25, 0.3) is 0 Å². The standard InChI is InChI=1S/C12H15N5O4/c1-6-5-8(10(14-6)11(18)19)16-12(20)13-4-3-9-15-7(2)17-21-9/h5,14H,3-4H2,1-2H3,(H,18,19)(H2,13,16,20). The molecule has 4 N–H and O–H groups in total. The Morgan fingerprint density at radius 3 is 2.81 bits per heavy atom. The third kappa shape index (κ3) is 3.81. The number of nitrogens with zero attached hydrogens (tertiary/aromatic N) is 2. The summed E-state index contributed by atoms with van der Waals surface area (Å²) < 4.78 is 4.90. The molecule has 0 spiro atoms. The summed E-state index contributed by atoms with van der Waals surface area (Å²) in [5.41, 5.74) is 0.797. The van der Waals surface area contributed by atoms with E-state index in [2.05, 4.69) is 25.8 Å². The fraction of sp³-hybridized carbons (Fsp3) is 0.333. The number of aryl methyl sites for hydroxylation is 2. The highest BCUT2D eigenvalue weighted by molar-refractivity contribution is 5.99. The van der Waals surface area contributed by atoms with E-state index in [1.807, 2.05) is 0 Å². The molecule has 0 fully saturated rings. The number of aromatic nitrogens is 3. The van der Waals surface area contributed by atoms with Crippen molar-refractivity contribution in [1.82, 2.24) is 20.4 Å². The van der Waals surface area contributed by atoms with E-state index in [0.29, 0.717) is 30.4 Å². The van der Waals surface area contributed by atoms with Gasteiger partial charge in [0.15, 0.2) is 5.82 Å². The normalized spacial score (nSPS) is 10.4. The van der Waals surface area contributed by atoms with Gasteiger partial charge >= 0.3 is 12.0 Å². The van der Waals surface area contributed by atoms with Crippen LogP contribution in [-0.4, -0.2) is 38.8 Å². The van der Waals surface area contributed by atoms with Crippen LogP contribution in [0.5, 0.6) is 0 Å². The van der Waals surface area contributed by atoms with Gasteiger partial charge in [-0.15, -0.1) is 0 Å². The van der Waals surface area contributed by atoms with Gasteiger partial charge in [-0.25, -0.2) is 9.59 Å². The molecule has 0 bridgehead atoms. The first-order chi connectivity index (χ1) is 9.95. The highest BCUT2D eigenvalue weighted by atomic mass is 16.5. The highest BCUT2D eigenvalue weighted by Gasteiger charge is 2.15. The molecule has 2 heterocycles. The lowest BCUT2D eigenvalue weighted by molar-refractivity contribution is 0.0692. The molecule has 2 rings (SSSR count). The number of carboxylic acid groups (broad SMARTS) is 1. The number of nitrogens with one attached hydrogen (secondary N) is 3. The number of hydrogen-bond donors (Lipinski definition) is 4. The van der Waals surface area contributed by atoms with Crippen molar-refractivity contribution in [2.24, 2.45) is 0 Å². The topological polar surface area (TPSA) is 133 Å². The summed E-state index contributed by atoms with van der Waals surface area (Å²) in [6, 6.07) is 1.04. The van der Waals surface area contributed by atoms with Crippen LogP contribution < -0.4 is 10.6 Å². The maximum absolute atomic E-state index is 11.7. The number of hydrogen-bond acceptors (Lipinski definition) is 5. The lowest BCUT2D eigenvalue weighted by atomic mass is 10.3. The summed E-state index contributed by atoms with van der Waals surface area (Å²) in [6.45, 7) is 3.70. The van der Waals surface area contributed by atoms with Gasteiger partial charge in [0.25, 0.3) is 0 Å². The fourth-order valence-electron chi connectivity index (χ4n) is 1.75. The van der Waals surface area contributed by atoms with Crippen molar-refractivity contribution in [2.45, 2.75) is 20.3 Å². The number of H-pyrrole nitrogens is 1. The first kappa shape index (κ1) is 14.6. The smallest absolute Gasteiger partial charge is 0.354 e. The number of carboxylic acids is 1. The van der Waals surface area contributed by atoms with Crippen molar-refractivity contribution in [3.05, 3.63) is 29.2 Å². The van der Waals surface area contributed by atoms with E-state index in [-0.39, 0.29) is 11.4 Å². The Hall–Kier alpha value is -2.84. The van der Waals surface area contributed by atoms with Gasteiger partial charge in [-0.2, -0.15) is 4.98 Å². The van der Waals surface area contributed by atoms with Gasteiger partial charge in [0.1, 0.15) is 5.69 Å². The SMILES string of the molecule is Cc1noc(CCNC(=O)Nc2cc(C)[nH]c2C(=O)O)n1. The summed E-state index contributed by atoms with van der Waals surface area (Å²) >= 11 is 0. The average molecular weight is 293 g/mol. The Balaban J connectivity index is 1.86. The van der Waals surface area contributed by atoms with Gasteiger partial charge in [-0.05, 0) is 19.9 Å². The maximum atomic E-state index is 11.7. The molecule has 2 aromatic heterocycles. The molecule has 0 aromatic carbocycles. The number of urea groups is 1. The number of carbonyl (C=O) groups is 2. The van der Waals surface area contributed by atoms with E-state index in [0.717, 1.165) is 0 Å². The number of rotatable bonds is 5. The fourth-order valence-corrected chi connectivity index (χ4v) is 1.75. The molecule has 0 aliphatic carbocycles. The number of amides is 2. The van der Waals surface area contributed by atoms with Gasteiger partial charge in [-0.3, -0.25) is 0 Å². The molecule has 0 atom stereocenters. The van der Waals surface area contributed by atoms with E-state index >= 15 is 0 Å². The predicted octanol–water partition coefficient (Wildman–Crippen LogP) is 1.08. The predicted molar refractivity (Wildman–Crippen MR) is 72.2 cm³/mol. The van der Waals surface area contributed by atoms with Crippen LogP contribution in [0.1, 0.15) is 27.9 Å². The zero-order valence-corrected chi connectivity index (χ0v) is 11.6. The monoisotopic (exact) mass is 293 g/mol. The molecule has 9 heteroatoms. The Morgan fingerprint density at radius 1 is 1.43 bits per heavy atom. The largest absolute Gasteiger partial charge is 0.477 e. The van der Waals surface area contributed by atoms with Crippen molar-refractivity contribution >= 4 is 17.7 Å². The van der Waals surface area contributed by atoms with Crippen molar-refractivity contribution in [1.29, 1.82) is 0 Å². The summed E-state index contributed by atoms with van der Waals surface area (Å²) in [5, 5.41) is 17.7. The highest BCUT2D eigenvalue weighted by Crippen LogP contribution is 2.16. The molecule has 9 nitrogen and oxygen atoms in total. The average Bonchev–Trinajstić information content (AvgIpc) is 2.96. The summed E-state index contributed by atoms with van der Waals surface area (Å²) in [7, 11) is 0. The molecule has 2 amide bonds. The molecule has 0 radical (unpaired) electrons. The van der Waals surface area contributed by atoms with Gasteiger partial charge < -0.3 is 25.2 Å². The van der Waals surface area contributed by atoms with Gasteiger partial charge in [0.05, 0.1) is 5.69 Å². The minimum Gasteiger partial charge on any atom is -0.477 e. The van der Waals surface area contributed by atoms with E-state index in [4.69, 9.17) is 9.63 Å². The second-order valence-electron chi connectivity index (χ2n) is 4.41. The Bertz CT molecular complexity index is 660. The third-order valence-corrected chi connectivity index (χ3v) is 2.61. The van der Waals surface area contributed by atoms with Crippen molar-refractivity contribution in [3.63, 3.8) is 0 Å². The summed E-state index contributed by atoms with van der Waals surface area (Å²) in [5.74, 6) is -0.181. The van der Waals surface area contributed by atoms with Crippen LogP contribution in [0.15, 0.2) is 10.6 Å². The van der Waals surface area contributed by atoms with Gasteiger partial charge in [0, 0.05) is 18.7 Å². The molecular weight excluding hydrogens is 278 g/mol. The van der Waals surface area contributed by atoms with Crippen molar-refractivity contribution in [3.8, 4) is 0 Å². The Kier molecular flexibility index (Phi) is 4.21. The summed E-state index contributed by atoms with van der Waals surface area (Å²) in [4.78, 5) is 29.3. The van der Waals surface area contributed by atoms with Crippen LogP contribution in [0, 0.1) is 13.8 Å². The van der Waals surface area contributed by atoms with Crippen LogP contribution in [0.4, 0.5) is 10.5 Å². The molecule has 2 aromatic rings. The first-order valence-electron chi connectivity index (χ1n) is 6.22. The molecule has 0 aliphatic heterocycles. The van der Waals surface area contributed by atoms with Crippen LogP contribution >= 0.6 is 0 Å². The van der Waals surface area contributed by atoms with Crippen LogP contribution in [0.2, 0.25) is 0 Å². The van der Waals surface area contributed by atoms with E-state index < -0.39 is 12.0 Å². The second kappa shape index (κ2) is 6.07. The zero-order valence-electron chi connectivity index (χ0n) is 11.6. The lowest BCUT2D eigenvalue weighted by Gasteiger charge is -2.05. The lowest BCUT2D eigenvalue weighted by Crippen LogP contribution is -2.30. The van der Waals surface area contributed by atoms with E-state index in [1.54, 1.807) is 19.9 Å². The number of aromatic carboxylic acids is 1. The third-order valence-electron chi connectivity index (χ3n) is 2.61. The van der Waals surface area contributed by atoms with Gasteiger partial charge in [-0.1, -0.05) is 5.16 Å². The second-order valence-corrected chi connectivity index (χ2v) is 4.41. The molecular formula is C12H15N5O4. The minimum atomic E-state index is -1.14. The minimum absolute atomic E-state index is 0.0600. The van der Waals surface area contributed by atoms with E-state index in [1.165, 1.54) is 0 Å². The summed E-state index contributed by atoms with van der Waals surface area (Å²) in [6.07, 6.45) is 0.395. The van der Waals surface area contributed by atoms with Crippen molar-refractivity contribution in [2.75, 3.05) is 11.9 Å². The zero-order chi connectivity index (χ0) is 15.4. The number of aromatic amines is 1. The molecule has 0 saturated carbocycles. The molecule has 21 heavy (non-hydrogen) atoms. The number of anilines is 1. The Labute approximate surface area is 119 Å². The maximum Gasteiger partial charge on any atom is 0.354 e. The van der Waals surface area contributed by atoms with Crippen molar-refractivity contribution < 1.29 is 19.2 Å². The van der Waals surface area contributed by atoms with E-state index in [9.17, 15) is 9.59 Å². The number of carbonyl (C=O) groups excluding carboxylic acids is 1. The molecule has 0 unspecified atom stereocenters. The molecule has 112 valence electrons. The Morgan fingerprint density at radius 2 is 2.19 bits per heavy atom. The molecule has 0 aliphatic rings. The quantitative estimate of drug-likeness (QED) is 0.651. The van der Waals surface area contributed by atoms with Gasteiger partial charge in [0.2, 0.25) is 5.89 Å². The molecule has 0 saturated heterocycles. The first-order valence-corrected chi connectivity index (χ1v) is 6.22.